The highest BCUT2D eigenvalue weighted by Gasteiger charge is 2.26. The Balaban J connectivity index is 1.28. The van der Waals surface area contributed by atoms with Crippen LogP contribution in [0.15, 0.2) is 59.6 Å². The van der Waals surface area contributed by atoms with Crippen molar-refractivity contribution in [3.8, 4) is 0 Å². The molecule has 7 heteroatoms. The molecule has 0 spiro atoms. The number of anilines is 1. The van der Waals surface area contributed by atoms with Gasteiger partial charge in [-0.15, -0.1) is 0 Å². The Morgan fingerprint density at radius 1 is 1.00 bits per heavy atom. The van der Waals surface area contributed by atoms with Crippen LogP contribution in [0.25, 0.3) is 0 Å². The van der Waals surface area contributed by atoms with E-state index in [0.717, 1.165) is 38.7 Å². The largest absolute Gasteiger partial charge is 0.370 e. The number of ether oxygens (including phenoxy) is 1. The van der Waals surface area contributed by atoms with Gasteiger partial charge in [-0.2, -0.15) is 0 Å². The molecule has 0 saturated carbocycles. The number of carbonyl (C=O) groups excluding carboxylic acids is 1. The zero-order valence-corrected chi connectivity index (χ0v) is 19.0. The highest BCUT2D eigenvalue weighted by Crippen LogP contribution is 2.25. The predicted octanol–water partition coefficient (Wildman–Crippen LogP) is 2.29. The van der Waals surface area contributed by atoms with Gasteiger partial charge < -0.3 is 24.8 Å². The molecule has 2 aliphatic heterocycles. The van der Waals surface area contributed by atoms with Gasteiger partial charge in [0.05, 0.1) is 19.7 Å². The Hall–Kier alpha value is -3.06. The fraction of sp³-hybridized carbons (Fsp3) is 0.440. The van der Waals surface area contributed by atoms with Gasteiger partial charge in [-0.25, -0.2) is 0 Å². The third kappa shape index (κ3) is 5.22. The van der Waals surface area contributed by atoms with Crippen molar-refractivity contribution in [3.63, 3.8) is 0 Å². The lowest BCUT2D eigenvalue weighted by Gasteiger charge is -2.37. The molecule has 2 fully saturated rings. The van der Waals surface area contributed by atoms with Gasteiger partial charge in [-0.05, 0) is 30.2 Å². The molecule has 1 N–H and O–H groups in total. The summed E-state index contributed by atoms with van der Waals surface area (Å²) in [6.07, 6.45) is 0.00488. The lowest BCUT2D eigenvalue weighted by atomic mass is 10.0. The third-order valence-electron chi connectivity index (χ3n) is 6.26. The van der Waals surface area contributed by atoms with E-state index >= 15 is 0 Å². The van der Waals surface area contributed by atoms with Crippen LogP contribution < -0.4 is 10.2 Å². The molecule has 2 aliphatic rings. The second kappa shape index (κ2) is 10.5. The van der Waals surface area contributed by atoms with E-state index in [9.17, 15) is 4.79 Å². The van der Waals surface area contributed by atoms with Gasteiger partial charge in [0.15, 0.2) is 5.96 Å². The van der Waals surface area contributed by atoms with E-state index in [0.29, 0.717) is 13.2 Å². The average molecular weight is 436 g/mol. The number of morpholine rings is 1. The number of aliphatic imine (C=N–C) groups is 1. The minimum Gasteiger partial charge on any atom is -0.370 e. The fourth-order valence-corrected chi connectivity index (χ4v) is 4.43. The van der Waals surface area contributed by atoms with Crippen LogP contribution in [0.1, 0.15) is 17.2 Å². The van der Waals surface area contributed by atoms with E-state index in [1.54, 1.807) is 7.05 Å². The van der Waals surface area contributed by atoms with Crippen LogP contribution in [-0.2, 0) is 9.53 Å². The molecule has 0 aliphatic carbocycles. The zero-order valence-electron chi connectivity index (χ0n) is 19.0. The van der Waals surface area contributed by atoms with Crippen LogP contribution in [0.2, 0.25) is 0 Å². The van der Waals surface area contributed by atoms with E-state index in [4.69, 9.17) is 4.74 Å². The summed E-state index contributed by atoms with van der Waals surface area (Å²) < 4.78 is 6.03. The minimum absolute atomic E-state index is 0.00488. The third-order valence-corrected chi connectivity index (χ3v) is 6.26. The summed E-state index contributed by atoms with van der Waals surface area (Å²) in [5.74, 6) is 0.866. The molecule has 2 aromatic rings. The maximum Gasteiger partial charge on any atom is 0.242 e. The van der Waals surface area contributed by atoms with Crippen molar-refractivity contribution in [1.29, 1.82) is 0 Å². The van der Waals surface area contributed by atoms with Gasteiger partial charge >= 0.3 is 0 Å². The molecular weight excluding hydrogens is 402 g/mol. The van der Waals surface area contributed by atoms with Crippen molar-refractivity contribution < 1.29 is 9.53 Å². The molecule has 32 heavy (non-hydrogen) atoms. The van der Waals surface area contributed by atoms with Crippen molar-refractivity contribution in [2.75, 3.05) is 64.4 Å². The number of piperazine rings is 1. The van der Waals surface area contributed by atoms with Crippen LogP contribution in [0.3, 0.4) is 0 Å². The van der Waals surface area contributed by atoms with E-state index in [-0.39, 0.29) is 18.6 Å². The Morgan fingerprint density at radius 3 is 2.44 bits per heavy atom. The summed E-state index contributed by atoms with van der Waals surface area (Å²) in [5, 5.41) is 3.28. The van der Waals surface area contributed by atoms with Gasteiger partial charge in [-0.3, -0.25) is 9.79 Å². The highest BCUT2D eigenvalue weighted by atomic mass is 16.5. The zero-order chi connectivity index (χ0) is 22.3. The number of amides is 1. The second-order valence-corrected chi connectivity index (χ2v) is 8.27. The minimum atomic E-state index is 0.00488. The number of para-hydroxylation sites is 1. The number of nitrogens with one attached hydrogen (secondary N) is 1. The molecule has 2 heterocycles. The molecule has 4 rings (SSSR count). The van der Waals surface area contributed by atoms with Crippen LogP contribution in [-0.4, -0.2) is 81.1 Å². The van der Waals surface area contributed by atoms with Gasteiger partial charge in [0, 0.05) is 45.5 Å². The first-order chi connectivity index (χ1) is 15.7. The molecule has 7 nitrogen and oxygen atoms in total. The van der Waals surface area contributed by atoms with Crippen LogP contribution >= 0.6 is 0 Å². The first kappa shape index (κ1) is 22.1. The van der Waals surface area contributed by atoms with Crippen molar-refractivity contribution in [3.05, 3.63) is 65.7 Å². The fourth-order valence-electron chi connectivity index (χ4n) is 4.43. The molecule has 0 bridgehead atoms. The number of guanidine groups is 1. The molecule has 2 saturated heterocycles. The number of hydrogen-bond acceptors (Lipinski definition) is 4. The van der Waals surface area contributed by atoms with E-state index in [1.807, 2.05) is 23.1 Å². The number of carbonyl (C=O) groups is 1. The molecule has 1 amide bonds. The molecule has 2 aromatic carbocycles. The molecular formula is C25H33N5O2. The average Bonchev–Trinajstić information content (AvgIpc) is 2.85. The number of benzene rings is 2. The Labute approximate surface area is 190 Å². The summed E-state index contributed by atoms with van der Waals surface area (Å²) in [6, 6.07) is 18.7. The van der Waals surface area contributed by atoms with Gasteiger partial charge in [0.2, 0.25) is 5.91 Å². The molecule has 170 valence electrons. The summed E-state index contributed by atoms with van der Waals surface area (Å²) in [7, 11) is 1.77. The van der Waals surface area contributed by atoms with Crippen molar-refractivity contribution >= 4 is 17.6 Å². The lowest BCUT2D eigenvalue weighted by Crippen LogP contribution is -2.53. The summed E-state index contributed by atoms with van der Waals surface area (Å²) in [6.45, 7) is 7.65. The number of aryl methyl sites for hydroxylation is 1. The lowest BCUT2D eigenvalue weighted by molar-refractivity contribution is -0.130. The molecule has 1 unspecified atom stereocenters. The first-order valence-corrected chi connectivity index (χ1v) is 11.4. The van der Waals surface area contributed by atoms with Crippen LogP contribution in [0.5, 0.6) is 0 Å². The summed E-state index contributed by atoms with van der Waals surface area (Å²) in [5.41, 5.74) is 3.65. The SMILES string of the molecule is CN=C(NCC(=O)N1CCN(c2ccccc2)CC1)N1CCOC(c2ccccc2C)C1. The van der Waals surface area contributed by atoms with E-state index in [1.165, 1.54) is 16.8 Å². The van der Waals surface area contributed by atoms with Gasteiger partial charge in [-0.1, -0.05) is 42.5 Å². The van der Waals surface area contributed by atoms with Crippen molar-refractivity contribution in [2.45, 2.75) is 13.0 Å². The van der Waals surface area contributed by atoms with E-state index < -0.39 is 0 Å². The first-order valence-electron chi connectivity index (χ1n) is 11.4. The summed E-state index contributed by atoms with van der Waals surface area (Å²) >= 11 is 0. The number of hydrogen-bond donors (Lipinski definition) is 1. The van der Waals surface area contributed by atoms with Gasteiger partial charge in [0.25, 0.3) is 0 Å². The standard InChI is InChI=1S/C25H33N5O2/c1-20-8-6-7-11-22(20)23-19-30(16-17-32-23)25(26-2)27-18-24(31)29-14-12-28(13-15-29)21-9-4-3-5-10-21/h3-11,23H,12-19H2,1-2H3,(H,26,27). The summed E-state index contributed by atoms with van der Waals surface area (Å²) in [4.78, 5) is 23.7. The molecule has 0 radical (unpaired) electrons. The Bertz CT molecular complexity index is 925. The number of nitrogens with zero attached hydrogens (tertiary/aromatic N) is 4. The molecule has 1 atom stereocenters. The quantitative estimate of drug-likeness (QED) is 0.590. The Morgan fingerprint density at radius 2 is 1.72 bits per heavy atom. The predicted molar refractivity (Wildman–Crippen MR) is 128 cm³/mol. The second-order valence-electron chi connectivity index (χ2n) is 8.27. The Kier molecular flexibility index (Phi) is 7.27. The van der Waals surface area contributed by atoms with Crippen LogP contribution in [0, 0.1) is 6.92 Å². The maximum absolute atomic E-state index is 12.8. The van der Waals surface area contributed by atoms with Crippen LogP contribution in [0.4, 0.5) is 5.69 Å². The molecule has 0 aromatic heterocycles. The normalized spacial score (nSPS) is 19.8. The smallest absolute Gasteiger partial charge is 0.242 e. The number of rotatable bonds is 4. The highest BCUT2D eigenvalue weighted by molar-refractivity contribution is 5.86. The van der Waals surface area contributed by atoms with Gasteiger partial charge in [0.1, 0.15) is 6.10 Å². The van der Waals surface area contributed by atoms with Crippen molar-refractivity contribution in [1.82, 2.24) is 15.1 Å². The van der Waals surface area contributed by atoms with Crippen molar-refractivity contribution in [2.24, 2.45) is 4.99 Å². The maximum atomic E-state index is 12.8. The topological polar surface area (TPSA) is 60.4 Å². The monoisotopic (exact) mass is 435 g/mol. The van der Waals surface area contributed by atoms with E-state index in [2.05, 4.69) is 63.4 Å².